The van der Waals surface area contributed by atoms with E-state index in [1.54, 1.807) is 6.92 Å². The zero-order valence-electron chi connectivity index (χ0n) is 9.15. The van der Waals surface area contributed by atoms with Crippen LogP contribution in [0, 0.1) is 0 Å². The first-order valence-electron chi connectivity index (χ1n) is 5.49. The Kier molecular flexibility index (Phi) is 4.98. The van der Waals surface area contributed by atoms with E-state index in [1.165, 1.54) is 4.31 Å². The van der Waals surface area contributed by atoms with Crippen molar-refractivity contribution in [2.75, 3.05) is 19.7 Å². The van der Waals surface area contributed by atoms with E-state index in [9.17, 15) is 8.42 Å². The fourth-order valence-electron chi connectivity index (χ4n) is 1.99. The molecule has 6 heteroatoms. The molecule has 2 N–H and O–H groups in total. The minimum Gasteiger partial charge on any atom is -0.396 e. The highest BCUT2D eigenvalue weighted by Crippen LogP contribution is 2.21. The molecule has 1 heterocycles. The van der Waals surface area contributed by atoms with Crippen molar-refractivity contribution in [3.63, 3.8) is 0 Å². The number of aliphatic hydroxyl groups is 1. The van der Waals surface area contributed by atoms with Gasteiger partial charge in [-0.3, -0.25) is 0 Å². The van der Waals surface area contributed by atoms with E-state index < -0.39 is 10.2 Å². The highest BCUT2D eigenvalue weighted by atomic mass is 32.2. The van der Waals surface area contributed by atoms with Crippen molar-refractivity contribution in [3.05, 3.63) is 0 Å². The number of nitrogens with zero attached hydrogens (tertiary/aromatic N) is 1. The summed E-state index contributed by atoms with van der Waals surface area (Å²) in [5, 5.41) is 8.89. The molecule has 1 atom stereocenters. The molecule has 0 aromatic heterocycles. The van der Waals surface area contributed by atoms with Gasteiger partial charge in [-0.2, -0.15) is 12.7 Å². The van der Waals surface area contributed by atoms with E-state index in [2.05, 4.69) is 4.72 Å². The normalized spacial score (nSPS) is 24.3. The number of piperidine rings is 1. The number of rotatable bonds is 5. The summed E-state index contributed by atoms with van der Waals surface area (Å²) in [6, 6.07) is -0.0344. The molecule has 15 heavy (non-hydrogen) atoms. The summed E-state index contributed by atoms with van der Waals surface area (Å²) in [6.07, 6.45) is 3.34. The van der Waals surface area contributed by atoms with Crippen LogP contribution in [0.5, 0.6) is 0 Å². The van der Waals surface area contributed by atoms with Crippen LogP contribution in [0.2, 0.25) is 0 Å². The Balaban J connectivity index is 2.70. The van der Waals surface area contributed by atoms with Crippen molar-refractivity contribution in [1.29, 1.82) is 0 Å². The summed E-state index contributed by atoms with van der Waals surface area (Å²) in [6.45, 7) is 2.79. The summed E-state index contributed by atoms with van der Waals surface area (Å²) in [5.74, 6) is 0. The Bertz CT molecular complexity index is 277. The quantitative estimate of drug-likeness (QED) is 0.710. The van der Waals surface area contributed by atoms with Gasteiger partial charge in [0.1, 0.15) is 0 Å². The Hall–Kier alpha value is -0.170. The van der Waals surface area contributed by atoms with Gasteiger partial charge in [-0.25, -0.2) is 4.72 Å². The second-order valence-electron chi connectivity index (χ2n) is 3.78. The predicted molar refractivity (Wildman–Crippen MR) is 58.6 cm³/mol. The lowest BCUT2D eigenvalue weighted by Crippen LogP contribution is -2.49. The molecule has 0 saturated carbocycles. The number of hydrogen-bond donors (Lipinski definition) is 2. The second kappa shape index (κ2) is 5.79. The third kappa shape index (κ3) is 3.41. The molecule has 1 unspecified atom stereocenters. The van der Waals surface area contributed by atoms with Crippen LogP contribution in [0.25, 0.3) is 0 Å². The molecule has 1 aliphatic heterocycles. The van der Waals surface area contributed by atoms with Gasteiger partial charge in [-0.15, -0.1) is 0 Å². The molecular weight excluding hydrogens is 216 g/mol. The molecule has 0 spiro atoms. The van der Waals surface area contributed by atoms with E-state index in [1.807, 2.05) is 0 Å². The molecule has 0 amide bonds. The number of hydrogen-bond acceptors (Lipinski definition) is 3. The van der Waals surface area contributed by atoms with E-state index in [-0.39, 0.29) is 12.6 Å². The second-order valence-corrected chi connectivity index (χ2v) is 5.48. The third-order valence-electron chi connectivity index (χ3n) is 2.67. The smallest absolute Gasteiger partial charge is 0.279 e. The molecule has 1 rings (SSSR count). The fraction of sp³-hybridized carbons (Fsp3) is 1.00. The molecule has 90 valence electrons. The van der Waals surface area contributed by atoms with Gasteiger partial charge in [-0.1, -0.05) is 13.3 Å². The molecule has 0 bridgehead atoms. The first-order valence-corrected chi connectivity index (χ1v) is 6.93. The van der Waals surface area contributed by atoms with Gasteiger partial charge in [0.05, 0.1) is 0 Å². The number of nitrogens with one attached hydrogen (secondary N) is 1. The average Bonchev–Trinajstić information content (AvgIpc) is 2.19. The zero-order chi connectivity index (χ0) is 11.3. The van der Waals surface area contributed by atoms with Gasteiger partial charge in [0.25, 0.3) is 10.2 Å². The average molecular weight is 236 g/mol. The molecule has 0 aromatic carbocycles. The van der Waals surface area contributed by atoms with Gasteiger partial charge >= 0.3 is 0 Å². The van der Waals surface area contributed by atoms with Crippen molar-refractivity contribution < 1.29 is 13.5 Å². The van der Waals surface area contributed by atoms with E-state index >= 15 is 0 Å². The van der Waals surface area contributed by atoms with Crippen LogP contribution in [-0.4, -0.2) is 43.6 Å². The van der Waals surface area contributed by atoms with Gasteiger partial charge < -0.3 is 5.11 Å². The predicted octanol–water partition coefficient (Wildman–Crippen LogP) is 0.0776. The van der Waals surface area contributed by atoms with Crippen LogP contribution in [-0.2, 0) is 10.2 Å². The zero-order valence-corrected chi connectivity index (χ0v) is 9.96. The van der Waals surface area contributed by atoms with Crippen molar-refractivity contribution in [1.82, 2.24) is 9.03 Å². The summed E-state index contributed by atoms with van der Waals surface area (Å²) in [7, 11) is -3.33. The number of aliphatic hydroxyl groups excluding tert-OH is 1. The first-order chi connectivity index (χ1) is 7.11. The lowest BCUT2D eigenvalue weighted by Gasteiger charge is -2.34. The van der Waals surface area contributed by atoms with Gasteiger partial charge in [0, 0.05) is 25.7 Å². The Morgan fingerprint density at radius 1 is 1.47 bits per heavy atom. The molecule has 0 aliphatic carbocycles. The van der Waals surface area contributed by atoms with Crippen molar-refractivity contribution in [2.45, 2.75) is 38.6 Å². The third-order valence-corrected chi connectivity index (χ3v) is 4.42. The molecule has 1 fully saturated rings. The first kappa shape index (κ1) is 12.9. The summed E-state index contributed by atoms with van der Waals surface area (Å²) in [4.78, 5) is 0. The van der Waals surface area contributed by atoms with Crippen LogP contribution in [0.1, 0.15) is 32.6 Å². The van der Waals surface area contributed by atoms with Crippen molar-refractivity contribution in [3.8, 4) is 0 Å². The SMILES string of the molecule is CCNS(=O)(=O)N1CCCCC1CCO. The highest BCUT2D eigenvalue weighted by molar-refractivity contribution is 7.87. The lowest BCUT2D eigenvalue weighted by atomic mass is 10.0. The maximum Gasteiger partial charge on any atom is 0.279 e. The summed E-state index contributed by atoms with van der Waals surface area (Å²) >= 11 is 0. The van der Waals surface area contributed by atoms with E-state index in [4.69, 9.17) is 5.11 Å². The molecular formula is C9H20N2O3S. The van der Waals surface area contributed by atoms with E-state index in [0.29, 0.717) is 19.5 Å². The molecule has 5 nitrogen and oxygen atoms in total. The van der Waals surface area contributed by atoms with Gasteiger partial charge in [0.15, 0.2) is 0 Å². The topological polar surface area (TPSA) is 69.6 Å². The van der Waals surface area contributed by atoms with E-state index in [0.717, 1.165) is 19.3 Å². The maximum atomic E-state index is 11.8. The minimum atomic E-state index is -3.33. The van der Waals surface area contributed by atoms with Crippen molar-refractivity contribution >= 4 is 10.2 Å². The maximum absolute atomic E-state index is 11.8. The monoisotopic (exact) mass is 236 g/mol. The standard InChI is InChI=1S/C9H20N2O3S/c1-2-10-15(13,14)11-7-4-3-5-9(11)6-8-12/h9-10,12H,2-8H2,1H3. The summed E-state index contributed by atoms with van der Waals surface area (Å²) < 4.78 is 27.6. The van der Waals surface area contributed by atoms with Crippen LogP contribution >= 0.6 is 0 Å². The van der Waals surface area contributed by atoms with Crippen LogP contribution in [0.3, 0.4) is 0 Å². The van der Waals surface area contributed by atoms with Crippen LogP contribution < -0.4 is 4.72 Å². The fourth-order valence-corrected chi connectivity index (χ4v) is 3.50. The van der Waals surface area contributed by atoms with Gasteiger partial charge in [0.2, 0.25) is 0 Å². The highest BCUT2D eigenvalue weighted by Gasteiger charge is 2.30. The molecule has 1 saturated heterocycles. The lowest BCUT2D eigenvalue weighted by molar-refractivity contribution is 0.191. The minimum absolute atomic E-state index is 0.0344. The molecule has 1 aliphatic rings. The Morgan fingerprint density at radius 3 is 2.80 bits per heavy atom. The largest absolute Gasteiger partial charge is 0.396 e. The Labute approximate surface area is 91.7 Å². The van der Waals surface area contributed by atoms with Crippen LogP contribution in [0.4, 0.5) is 0 Å². The van der Waals surface area contributed by atoms with Gasteiger partial charge in [-0.05, 0) is 19.3 Å². The van der Waals surface area contributed by atoms with Crippen LogP contribution in [0.15, 0.2) is 0 Å². The Morgan fingerprint density at radius 2 is 2.20 bits per heavy atom. The summed E-state index contributed by atoms with van der Waals surface area (Å²) in [5.41, 5.74) is 0. The molecule has 0 aromatic rings. The van der Waals surface area contributed by atoms with Crippen molar-refractivity contribution in [2.24, 2.45) is 0 Å². The molecule has 0 radical (unpaired) electrons.